The summed E-state index contributed by atoms with van der Waals surface area (Å²) in [6, 6.07) is 0. The van der Waals surface area contributed by atoms with Crippen LogP contribution in [0.5, 0.6) is 0 Å². The van der Waals surface area contributed by atoms with E-state index in [1.807, 2.05) is 0 Å². The molecule has 3 nitrogen and oxygen atoms in total. The lowest BCUT2D eigenvalue weighted by molar-refractivity contribution is -0.142. The van der Waals surface area contributed by atoms with Crippen LogP contribution in [0.15, 0.2) is 12.2 Å². The van der Waals surface area contributed by atoms with Crippen molar-refractivity contribution in [3.05, 3.63) is 12.2 Å². The highest BCUT2D eigenvalue weighted by atomic mass is 35.5. The van der Waals surface area contributed by atoms with Crippen LogP contribution in [0.1, 0.15) is 6.92 Å². The first-order chi connectivity index (χ1) is 5.39. The zero-order valence-electron chi connectivity index (χ0n) is 6.64. The fraction of sp³-hybridized carbons (Fsp3) is 0.571. The van der Waals surface area contributed by atoms with Crippen LogP contribution in [0.25, 0.3) is 0 Å². The highest BCUT2D eigenvalue weighted by Crippen LogP contribution is 2.13. The van der Waals surface area contributed by atoms with E-state index in [1.165, 1.54) is 6.92 Å². The normalized spacial score (nSPS) is 15.0. The highest BCUT2D eigenvalue weighted by Gasteiger charge is 2.24. The van der Waals surface area contributed by atoms with Gasteiger partial charge < -0.3 is 9.84 Å². The van der Waals surface area contributed by atoms with E-state index >= 15 is 0 Å². The molecule has 70 valence electrons. The monoisotopic (exact) mass is 212 g/mol. The molecule has 0 heterocycles. The van der Waals surface area contributed by atoms with Gasteiger partial charge in [-0.25, -0.2) is 4.79 Å². The van der Waals surface area contributed by atoms with Crippen molar-refractivity contribution in [3.8, 4) is 0 Å². The Morgan fingerprint density at radius 2 is 2.25 bits per heavy atom. The average molecular weight is 213 g/mol. The number of esters is 1. The molecule has 0 fully saturated rings. The van der Waals surface area contributed by atoms with Crippen molar-refractivity contribution in [2.24, 2.45) is 0 Å². The minimum Gasteiger partial charge on any atom is -0.458 e. The lowest BCUT2D eigenvalue weighted by Gasteiger charge is -2.16. The molecule has 0 aliphatic heterocycles. The summed E-state index contributed by atoms with van der Waals surface area (Å²) in [4.78, 5) is 10.8. The van der Waals surface area contributed by atoms with Gasteiger partial charge in [-0.3, -0.25) is 0 Å². The van der Waals surface area contributed by atoms with Gasteiger partial charge in [0, 0.05) is 5.57 Å². The van der Waals surface area contributed by atoms with Crippen LogP contribution in [0.3, 0.4) is 0 Å². The molecule has 0 spiro atoms. The smallest absolute Gasteiger partial charge is 0.333 e. The Morgan fingerprint density at radius 1 is 1.75 bits per heavy atom. The van der Waals surface area contributed by atoms with Gasteiger partial charge in [-0.15, -0.1) is 11.6 Å². The van der Waals surface area contributed by atoms with E-state index in [2.05, 4.69) is 11.3 Å². The summed E-state index contributed by atoms with van der Waals surface area (Å²) in [6.45, 7) is 4.50. The second-order valence-corrected chi connectivity index (χ2v) is 3.38. The van der Waals surface area contributed by atoms with Gasteiger partial charge in [0.25, 0.3) is 0 Å². The minimum absolute atomic E-state index is 0.210. The quantitative estimate of drug-likeness (QED) is 0.434. The molecule has 1 unspecified atom stereocenters. The lowest BCUT2D eigenvalue weighted by atomic mass is 10.3. The van der Waals surface area contributed by atoms with Crippen LogP contribution in [-0.4, -0.2) is 28.6 Å². The molecule has 1 atom stereocenters. The van der Waals surface area contributed by atoms with Gasteiger partial charge in [0.1, 0.15) is 6.61 Å². The number of carbonyl (C=O) groups excluding carboxylic acids is 1. The van der Waals surface area contributed by atoms with Crippen LogP contribution in [0.4, 0.5) is 0 Å². The third kappa shape index (κ3) is 4.59. The summed E-state index contributed by atoms with van der Waals surface area (Å²) >= 11 is 10.6. The van der Waals surface area contributed by atoms with Crippen LogP contribution >= 0.6 is 23.2 Å². The Morgan fingerprint density at radius 3 is 2.58 bits per heavy atom. The minimum atomic E-state index is -1.69. The number of alkyl halides is 2. The van der Waals surface area contributed by atoms with E-state index in [4.69, 9.17) is 28.3 Å². The fourth-order valence-corrected chi connectivity index (χ4v) is 0.470. The first kappa shape index (κ1) is 11.8. The lowest BCUT2D eigenvalue weighted by Crippen LogP contribution is -2.31. The third-order valence-electron chi connectivity index (χ3n) is 0.978. The molecular formula is C7H10Cl2O3. The van der Waals surface area contributed by atoms with Gasteiger partial charge in [0.2, 0.25) is 0 Å². The number of aliphatic hydroxyl groups is 1. The molecule has 0 saturated carbocycles. The van der Waals surface area contributed by atoms with Gasteiger partial charge >= 0.3 is 5.97 Å². The topological polar surface area (TPSA) is 46.5 Å². The van der Waals surface area contributed by atoms with E-state index in [9.17, 15) is 4.79 Å². The Labute approximate surface area is 80.9 Å². The maximum absolute atomic E-state index is 10.8. The zero-order valence-corrected chi connectivity index (χ0v) is 8.15. The molecule has 0 radical (unpaired) electrons. The maximum atomic E-state index is 10.8. The summed E-state index contributed by atoms with van der Waals surface area (Å²) in [5.41, 5.74) is 0.247. The average Bonchev–Trinajstić information content (AvgIpc) is 2.00. The van der Waals surface area contributed by atoms with E-state index in [0.29, 0.717) is 0 Å². The van der Waals surface area contributed by atoms with Crippen molar-refractivity contribution < 1.29 is 14.6 Å². The second kappa shape index (κ2) is 4.70. The molecule has 12 heavy (non-hydrogen) atoms. The molecule has 0 aromatic rings. The number of ether oxygens (including phenoxy) is 1. The summed E-state index contributed by atoms with van der Waals surface area (Å²) in [5.74, 6) is -0.808. The predicted molar refractivity (Wildman–Crippen MR) is 47.3 cm³/mol. The van der Waals surface area contributed by atoms with Crippen molar-refractivity contribution in [1.29, 1.82) is 0 Å². The Hall–Kier alpha value is -0.250. The zero-order chi connectivity index (χ0) is 9.78. The van der Waals surface area contributed by atoms with Crippen molar-refractivity contribution in [1.82, 2.24) is 0 Å². The molecule has 0 saturated heterocycles. The fourth-order valence-electron chi connectivity index (χ4n) is 0.338. The van der Waals surface area contributed by atoms with Crippen molar-refractivity contribution in [2.75, 3.05) is 12.5 Å². The van der Waals surface area contributed by atoms with Crippen LogP contribution in [0, 0.1) is 0 Å². The van der Waals surface area contributed by atoms with Gasteiger partial charge in [0.15, 0.2) is 5.06 Å². The van der Waals surface area contributed by atoms with Gasteiger partial charge in [-0.05, 0) is 6.92 Å². The molecule has 0 bridgehead atoms. The molecular weight excluding hydrogens is 203 g/mol. The molecule has 0 aliphatic rings. The summed E-state index contributed by atoms with van der Waals surface area (Å²) in [5, 5.41) is 7.39. The Kier molecular flexibility index (Phi) is 4.60. The first-order valence-corrected chi connectivity index (χ1v) is 4.10. The van der Waals surface area contributed by atoms with Crippen LogP contribution < -0.4 is 0 Å². The van der Waals surface area contributed by atoms with Gasteiger partial charge in [-0.1, -0.05) is 18.2 Å². The largest absolute Gasteiger partial charge is 0.458 e. The molecule has 0 amide bonds. The predicted octanol–water partition coefficient (Wildman–Crippen LogP) is 1.27. The van der Waals surface area contributed by atoms with E-state index in [0.717, 1.165) is 0 Å². The van der Waals surface area contributed by atoms with Crippen molar-refractivity contribution in [2.45, 2.75) is 12.0 Å². The number of hydrogen-bond acceptors (Lipinski definition) is 3. The SMILES string of the molecule is C=C(C)C(=O)OCC(O)(Cl)CCl. The Balaban J connectivity index is 3.83. The second-order valence-electron chi connectivity index (χ2n) is 2.41. The number of halogens is 2. The summed E-state index contributed by atoms with van der Waals surface area (Å²) in [6.07, 6.45) is 0. The molecule has 0 aromatic carbocycles. The molecule has 0 aromatic heterocycles. The van der Waals surface area contributed by atoms with E-state index in [1.54, 1.807) is 0 Å². The van der Waals surface area contributed by atoms with Gasteiger partial charge in [0.05, 0.1) is 5.88 Å². The van der Waals surface area contributed by atoms with Gasteiger partial charge in [-0.2, -0.15) is 0 Å². The number of rotatable bonds is 4. The number of carbonyl (C=O) groups is 1. The van der Waals surface area contributed by atoms with Crippen LogP contribution in [-0.2, 0) is 9.53 Å². The van der Waals surface area contributed by atoms with E-state index < -0.39 is 11.0 Å². The molecule has 0 aliphatic carbocycles. The first-order valence-electron chi connectivity index (χ1n) is 3.19. The summed E-state index contributed by atoms with van der Waals surface area (Å²) < 4.78 is 4.55. The Bertz CT molecular complexity index is 189. The van der Waals surface area contributed by atoms with Crippen molar-refractivity contribution >= 4 is 29.2 Å². The highest BCUT2D eigenvalue weighted by molar-refractivity contribution is 6.29. The molecule has 0 rings (SSSR count). The van der Waals surface area contributed by atoms with Crippen LogP contribution in [0.2, 0.25) is 0 Å². The number of hydrogen-bond donors (Lipinski definition) is 1. The van der Waals surface area contributed by atoms with E-state index in [-0.39, 0.29) is 18.1 Å². The molecule has 1 N–H and O–H groups in total. The van der Waals surface area contributed by atoms with Crippen molar-refractivity contribution in [3.63, 3.8) is 0 Å². The molecule has 5 heteroatoms. The summed E-state index contributed by atoms with van der Waals surface area (Å²) in [7, 11) is 0. The third-order valence-corrected chi connectivity index (χ3v) is 1.80. The standard InChI is InChI=1S/C7H10Cl2O3/c1-5(2)6(10)12-4-7(9,11)3-8/h11H,1,3-4H2,2H3. The maximum Gasteiger partial charge on any atom is 0.333 e.